The van der Waals surface area contributed by atoms with Crippen LogP contribution in [-0.4, -0.2) is 69.2 Å². The van der Waals surface area contributed by atoms with Crippen molar-refractivity contribution < 1.29 is 28.3 Å². The van der Waals surface area contributed by atoms with Gasteiger partial charge in [-0.05, 0) is 69.0 Å². The average molecular weight is 683 g/mol. The standard InChI is InChI=1S/C38H43FN6O5/c1-25-8-7-11-29(20-25)33(36(48)44-18-16-28(17-19-44)34(46)27-12-14-30(39)15-13-27)45-21-32(41-24-45)43-35(47)31(42-37(49)38(2,3)40)23-50-22-26-9-5-4-6-10-26/h4-15,20-21,24,28,31,33H,16-19,22-23,40H2,1-3H3,(H,42,49)(H,43,47)/t31-,33?/m1/s1. The first kappa shape index (κ1) is 36.1. The van der Waals surface area contributed by atoms with Crippen LogP contribution >= 0.6 is 0 Å². The molecule has 1 aromatic heterocycles. The zero-order valence-corrected chi connectivity index (χ0v) is 28.5. The maximum Gasteiger partial charge on any atom is 0.250 e. The minimum absolute atomic E-state index is 0.0580. The van der Waals surface area contributed by atoms with Gasteiger partial charge in [-0.25, -0.2) is 9.37 Å². The molecule has 1 fully saturated rings. The van der Waals surface area contributed by atoms with E-state index in [2.05, 4.69) is 15.6 Å². The number of carbonyl (C=O) groups is 4. The lowest BCUT2D eigenvalue weighted by atomic mass is 9.88. The SMILES string of the molecule is Cc1cccc(C(C(=O)N2CCC(C(=O)c3ccc(F)cc3)CC2)n2cnc(NC(=O)[C@@H](COCc3ccccc3)NC(=O)C(C)(C)N)c2)c1. The summed E-state index contributed by atoms with van der Waals surface area (Å²) in [6.07, 6.45) is 4.01. The van der Waals surface area contributed by atoms with Gasteiger partial charge in [0.25, 0.3) is 5.91 Å². The molecule has 1 aliphatic rings. The third-order valence-electron chi connectivity index (χ3n) is 8.65. The smallest absolute Gasteiger partial charge is 0.250 e. The number of aryl methyl sites for hydroxylation is 1. The highest BCUT2D eigenvalue weighted by Gasteiger charge is 2.34. The Bertz CT molecular complexity index is 1800. The molecule has 4 N–H and O–H groups in total. The number of Topliss-reactive ketones (excluding diaryl/α,β-unsaturated/α-hetero) is 1. The van der Waals surface area contributed by atoms with E-state index in [1.807, 2.05) is 61.5 Å². The zero-order valence-electron chi connectivity index (χ0n) is 28.5. The van der Waals surface area contributed by atoms with Crippen molar-refractivity contribution in [3.8, 4) is 0 Å². The molecule has 262 valence electrons. The summed E-state index contributed by atoms with van der Waals surface area (Å²) in [6, 6.07) is 20.7. The topological polar surface area (TPSA) is 149 Å². The lowest BCUT2D eigenvalue weighted by Gasteiger charge is -2.34. The van der Waals surface area contributed by atoms with Gasteiger partial charge in [-0.15, -0.1) is 0 Å². The summed E-state index contributed by atoms with van der Waals surface area (Å²) >= 11 is 0. The number of ether oxygens (including phenoxy) is 1. The van der Waals surface area contributed by atoms with E-state index in [-0.39, 0.29) is 36.6 Å². The molecule has 1 saturated heterocycles. The van der Waals surface area contributed by atoms with Crippen molar-refractivity contribution in [2.45, 2.75) is 57.8 Å². The van der Waals surface area contributed by atoms with E-state index in [0.29, 0.717) is 31.5 Å². The van der Waals surface area contributed by atoms with Crippen LogP contribution in [0.2, 0.25) is 0 Å². The molecule has 2 atom stereocenters. The normalized spacial score (nSPS) is 14.9. The molecule has 1 unspecified atom stereocenters. The van der Waals surface area contributed by atoms with Crippen LogP contribution in [0.4, 0.5) is 10.2 Å². The molecule has 11 nitrogen and oxygen atoms in total. The zero-order chi connectivity index (χ0) is 35.8. The second-order valence-corrected chi connectivity index (χ2v) is 13.2. The van der Waals surface area contributed by atoms with Gasteiger partial charge in [0, 0.05) is 30.8 Å². The van der Waals surface area contributed by atoms with Gasteiger partial charge in [0.15, 0.2) is 11.6 Å². The summed E-state index contributed by atoms with van der Waals surface area (Å²) < 4.78 is 20.8. The quantitative estimate of drug-likeness (QED) is 0.177. The molecule has 5 rings (SSSR count). The number of nitrogens with one attached hydrogen (secondary N) is 2. The highest BCUT2D eigenvalue weighted by atomic mass is 19.1. The summed E-state index contributed by atoms with van der Waals surface area (Å²) in [6.45, 7) is 5.88. The van der Waals surface area contributed by atoms with Gasteiger partial charge in [0.2, 0.25) is 11.8 Å². The van der Waals surface area contributed by atoms with E-state index in [0.717, 1.165) is 16.7 Å². The lowest BCUT2D eigenvalue weighted by molar-refractivity contribution is -0.134. The van der Waals surface area contributed by atoms with E-state index in [1.165, 1.54) is 44.4 Å². The van der Waals surface area contributed by atoms with Crippen LogP contribution < -0.4 is 16.4 Å². The predicted molar refractivity (Wildman–Crippen MR) is 187 cm³/mol. The number of hydrogen-bond donors (Lipinski definition) is 3. The highest BCUT2D eigenvalue weighted by molar-refractivity contribution is 5.99. The van der Waals surface area contributed by atoms with E-state index >= 15 is 0 Å². The van der Waals surface area contributed by atoms with Crippen molar-refractivity contribution in [2.75, 3.05) is 25.0 Å². The van der Waals surface area contributed by atoms with Crippen LogP contribution in [0, 0.1) is 18.7 Å². The van der Waals surface area contributed by atoms with Crippen molar-refractivity contribution in [1.29, 1.82) is 0 Å². The van der Waals surface area contributed by atoms with Crippen LogP contribution in [0.25, 0.3) is 0 Å². The van der Waals surface area contributed by atoms with Gasteiger partial charge in [0.1, 0.15) is 17.9 Å². The Morgan fingerprint density at radius 2 is 1.70 bits per heavy atom. The number of aromatic nitrogens is 2. The largest absolute Gasteiger partial charge is 0.374 e. The number of likely N-dealkylation sites (tertiary alicyclic amines) is 1. The Morgan fingerprint density at radius 1 is 1.00 bits per heavy atom. The number of nitrogens with zero attached hydrogens (tertiary/aromatic N) is 3. The molecule has 3 aromatic carbocycles. The van der Waals surface area contributed by atoms with Gasteiger partial charge >= 0.3 is 0 Å². The lowest BCUT2D eigenvalue weighted by Crippen LogP contribution is -2.56. The maximum absolute atomic E-state index is 14.2. The molecule has 4 aromatic rings. The summed E-state index contributed by atoms with van der Waals surface area (Å²) in [5, 5.41) is 5.42. The van der Waals surface area contributed by atoms with Crippen molar-refractivity contribution in [1.82, 2.24) is 19.8 Å². The Balaban J connectivity index is 1.30. The molecular weight excluding hydrogens is 639 g/mol. The second-order valence-electron chi connectivity index (χ2n) is 13.2. The van der Waals surface area contributed by atoms with Gasteiger partial charge < -0.3 is 30.6 Å². The van der Waals surface area contributed by atoms with Crippen LogP contribution in [0.1, 0.15) is 59.8 Å². The van der Waals surface area contributed by atoms with Gasteiger partial charge in [-0.1, -0.05) is 60.2 Å². The number of nitrogens with two attached hydrogens (primary N) is 1. The van der Waals surface area contributed by atoms with Crippen molar-refractivity contribution in [3.05, 3.63) is 119 Å². The Kier molecular flexibility index (Phi) is 11.6. The number of halogens is 1. The first-order valence-electron chi connectivity index (χ1n) is 16.6. The number of benzene rings is 3. The van der Waals surface area contributed by atoms with Crippen molar-refractivity contribution in [2.24, 2.45) is 11.7 Å². The summed E-state index contributed by atoms with van der Waals surface area (Å²) in [5.41, 5.74) is 7.82. The van der Waals surface area contributed by atoms with Crippen LogP contribution in [0.15, 0.2) is 91.4 Å². The number of carbonyl (C=O) groups excluding carboxylic acids is 4. The van der Waals surface area contributed by atoms with E-state index in [1.54, 1.807) is 15.7 Å². The summed E-state index contributed by atoms with van der Waals surface area (Å²) in [4.78, 5) is 59.6. The third-order valence-corrected chi connectivity index (χ3v) is 8.65. The maximum atomic E-state index is 14.2. The first-order chi connectivity index (χ1) is 23.9. The minimum atomic E-state index is -1.23. The average Bonchev–Trinajstić information content (AvgIpc) is 3.55. The number of imidazole rings is 1. The Hall–Kier alpha value is -5.20. The number of anilines is 1. The second kappa shape index (κ2) is 16.0. The first-order valence-corrected chi connectivity index (χ1v) is 16.6. The molecular formula is C38H43FN6O5. The Labute approximate surface area is 291 Å². The number of hydrogen-bond acceptors (Lipinski definition) is 7. The van der Waals surface area contributed by atoms with E-state index in [4.69, 9.17) is 10.5 Å². The summed E-state index contributed by atoms with van der Waals surface area (Å²) in [7, 11) is 0. The monoisotopic (exact) mass is 682 g/mol. The molecule has 12 heteroatoms. The van der Waals surface area contributed by atoms with Gasteiger partial charge in [-0.2, -0.15) is 0 Å². The van der Waals surface area contributed by atoms with Gasteiger partial charge in [-0.3, -0.25) is 19.2 Å². The Morgan fingerprint density at radius 3 is 2.36 bits per heavy atom. The number of piperidine rings is 1. The molecule has 0 spiro atoms. The molecule has 0 bridgehead atoms. The number of rotatable bonds is 13. The van der Waals surface area contributed by atoms with Crippen LogP contribution in [0.5, 0.6) is 0 Å². The minimum Gasteiger partial charge on any atom is -0.374 e. The summed E-state index contributed by atoms with van der Waals surface area (Å²) in [5.74, 6) is -1.82. The molecule has 3 amide bonds. The third kappa shape index (κ3) is 9.27. The molecule has 0 aliphatic carbocycles. The predicted octanol–water partition coefficient (Wildman–Crippen LogP) is 4.42. The van der Waals surface area contributed by atoms with E-state index in [9.17, 15) is 23.6 Å². The fourth-order valence-corrected chi connectivity index (χ4v) is 5.82. The highest BCUT2D eigenvalue weighted by Crippen LogP contribution is 2.28. The number of ketones is 1. The van der Waals surface area contributed by atoms with Gasteiger partial charge in [0.05, 0.1) is 25.1 Å². The number of amides is 3. The van der Waals surface area contributed by atoms with Crippen LogP contribution in [0.3, 0.4) is 0 Å². The molecule has 50 heavy (non-hydrogen) atoms. The van der Waals surface area contributed by atoms with E-state index < -0.39 is 35.3 Å². The van der Waals surface area contributed by atoms with Crippen molar-refractivity contribution >= 4 is 29.3 Å². The fourth-order valence-electron chi connectivity index (χ4n) is 5.82. The molecule has 0 saturated carbocycles. The van der Waals surface area contributed by atoms with Crippen molar-refractivity contribution in [3.63, 3.8) is 0 Å². The fraction of sp³-hybridized carbons (Fsp3) is 0.342. The molecule has 1 aliphatic heterocycles. The molecule has 2 heterocycles. The van der Waals surface area contributed by atoms with Crippen LogP contribution in [-0.2, 0) is 25.7 Å². The molecule has 0 radical (unpaired) electrons.